The largest absolute Gasteiger partial charge is 0.384 e. The van der Waals surface area contributed by atoms with E-state index >= 15 is 0 Å². The van der Waals surface area contributed by atoms with Crippen LogP contribution in [0.4, 0.5) is 5.82 Å². The van der Waals surface area contributed by atoms with E-state index in [1.807, 2.05) is 12.4 Å². The van der Waals surface area contributed by atoms with Gasteiger partial charge in [0.15, 0.2) is 0 Å². The molecule has 0 fully saturated rings. The number of rotatable bonds is 17. The predicted molar refractivity (Wildman–Crippen MR) is 120 cm³/mol. The molecule has 160 valence electrons. The smallest absolute Gasteiger partial charge is 0.137 e. The lowest BCUT2D eigenvalue weighted by atomic mass is 10.0. The highest BCUT2D eigenvalue weighted by atomic mass is 16.1. The van der Waals surface area contributed by atoms with Crippen molar-refractivity contribution in [2.24, 2.45) is 0 Å². The number of aryl methyl sites for hydroxylation is 1. The molecule has 0 aliphatic rings. The van der Waals surface area contributed by atoms with Gasteiger partial charge >= 0.3 is 0 Å². The average Bonchev–Trinajstić information content (AvgIpc) is 3.13. The van der Waals surface area contributed by atoms with Gasteiger partial charge in [-0.1, -0.05) is 64.2 Å². The summed E-state index contributed by atoms with van der Waals surface area (Å²) in [5.74, 6) is 0.780. The third-order valence-electron chi connectivity index (χ3n) is 5.56. The number of anilines is 1. The lowest BCUT2D eigenvalue weighted by Gasteiger charge is -2.04. The number of carbonyl (C=O) groups excluding carboxylic acids is 1. The van der Waals surface area contributed by atoms with Gasteiger partial charge in [0.1, 0.15) is 11.6 Å². The lowest BCUT2D eigenvalue weighted by molar-refractivity contribution is -0.118. The number of aromatic amines is 1. The van der Waals surface area contributed by atoms with Crippen LogP contribution in [-0.4, -0.2) is 21.0 Å². The van der Waals surface area contributed by atoms with Gasteiger partial charge in [-0.2, -0.15) is 5.10 Å². The Hall–Kier alpha value is -2.17. The summed E-state index contributed by atoms with van der Waals surface area (Å²) in [7, 11) is 0. The summed E-state index contributed by atoms with van der Waals surface area (Å²) in [4.78, 5) is 16.0. The molecule has 0 bridgehead atoms. The summed E-state index contributed by atoms with van der Waals surface area (Å²) in [5, 5.41) is 6.52. The Kier molecular flexibility index (Phi) is 11.8. The Morgan fingerprint density at radius 1 is 0.828 bits per heavy atom. The number of aromatic nitrogens is 3. The molecule has 2 heterocycles. The Morgan fingerprint density at radius 2 is 1.38 bits per heavy atom. The molecule has 5 nitrogen and oxygen atoms in total. The van der Waals surface area contributed by atoms with E-state index in [-0.39, 0.29) is 5.78 Å². The topological polar surface area (TPSA) is 84.7 Å². The van der Waals surface area contributed by atoms with Crippen molar-refractivity contribution in [2.45, 2.75) is 96.3 Å². The first-order valence-electron chi connectivity index (χ1n) is 11.4. The molecule has 0 radical (unpaired) electrons. The minimum Gasteiger partial charge on any atom is -0.384 e. The Labute approximate surface area is 175 Å². The first-order valence-corrected chi connectivity index (χ1v) is 11.4. The van der Waals surface area contributed by atoms with Crippen LogP contribution >= 0.6 is 0 Å². The van der Waals surface area contributed by atoms with Crippen LogP contribution in [0.25, 0.3) is 0 Å². The van der Waals surface area contributed by atoms with Gasteiger partial charge in [-0.3, -0.25) is 14.9 Å². The second kappa shape index (κ2) is 14.8. The van der Waals surface area contributed by atoms with Crippen molar-refractivity contribution in [1.82, 2.24) is 15.2 Å². The molecule has 0 amide bonds. The monoisotopic (exact) mass is 398 g/mol. The van der Waals surface area contributed by atoms with Crippen LogP contribution in [0.15, 0.2) is 30.7 Å². The number of hydrogen-bond acceptors (Lipinski definition) is 4. The number of pyridine rings is 1. The van der Waals surface area contributed by atoms with Gasteiger partial charge in [0, 0.05) is 30.8 Å². The van der Waals surface area contributed by atoms with Crippen LogP contribution in [-0.2, 0) is 17.6 Å². The minimum absolute atomic E-state index is 0.263. The van der Waals surface area contributed by atoms with Crippen molar-refractivity contribution in [1.29, 1.82) is 0 Å². The molecule has 0 spiro atoms. The van der Waals surface area contributed by atoms with Gasteiger partial charge in [-0.15, -0.1) is 0 Å². The van der Waals surface area contributed by atoms with Crippen LogP contribution in [0, 0.1) is 0 Å². The Balaban J connectivity index is 1.30. The van der Waals surface area contributed by atoms with E-state index in [2.05, 4.69) is 27.3 Å². The molecule has 0 aliphatic carbocycles. The number of Topliss-reactive ketones (excluding diaryl/α,β-unsaturated/α-hetero) is 1. The molecule has 0 saturated carbocycles. The molecule has 0 saturated heterocycles. The van der Waals surface area contributed by atoms with Gasteiger partial charge < -0.3 is 5.73 Å². The van der Waals surface area contributed by atoms with Crippen LogP contribution in [0.2, 0.25) is 0 Å². The maximum atomic E-state index is 11.9. The predicted octanol–water partition coefficient (Wildman–Crippen LogP) is 5.81. The van der Waals surface area contributed by atoms with Crippen molar-refractivity contribution in [3.63, 3.8) is 0 Å². The summed E-state index contributed by atoms with van der Waals surface area (Å²) >= 11 is 0. The standard InChI is InChI=1S/C24H38N4O/c25-24-22(20-27-28-24)19-23(29)14-12-10-8-6-4-2-1-3-5-7-9-11-13-21-15-17-26-18-16-21/h15-18,20H,1-14,19H2,(H3,25,27,28). The van der Waals surface area contributed by atoms with E-state index in [1.54, 1.807) is 6.20 Å². The fraction of sp³-hybridized carbons (Fsp3) is 0.625. The number of carbonyl (C=O) groups is 1. The molecule has 0 unspecified atom stereocenters. The third-order valence-corrected chi connectivity index (χ3v) is 5.56. The number of nitrogens with two attached hydrogens (primary N) is 1. The van der Waals surface area contributed by atoms with Crippen molar-refractivity contribution >= 4 is 11.6 Å². The van der Waals surface area contributed by atoms with Crippen LogP contribution in [0.1, 0.15) is 94.6 Å². The van der Waals surface area contributed by atoms with Gasteiger partial charge in [0.2, 0.25) is 0 Å². The second-order valence-corrected chi connectivity index (χ2v) is 8.12. The van der Waals surface area contributed by atoms with E-state index in [9.17, 15) is 4.79 Å². The molecule has 5 heteroatoms. The first kappa shape index (κ1) is 23.1. The molecule has 2 aromatic heterocycles. The van der Waals surface area contributed by atoms with Gasteiger partial charge in [0.05, 0.1) is 6.20 Å². The number of ketones is 1. The number of nitrogen functional groups attached to an aromatic ring is 1. The van der Waals surface area contributed by atoms with Crippen molar-refractivity contribution in [2.75, 3.05) is 5.73 Å². The van der Waals surface area contributed by atoms with Crippen LogP contribution < -0.4 is 5.73 Å². The van der Waals surface area contributed by atoms with Gasteiger partial charge in [-0.05, 0) is 37.0 Å². The minimum atomic E-state index is 0.263. The number of nitrogens with zero attached hydrogens (tertiary/aromatic N) is 2. The molecule has 2 aromatic rings. The summed E-state index contributed by atoms with van der Waals surface area (Å²) in [6, 6.07) is 4.24. The van der Waals surface area contributed by atoms with Crippen LogP contribution in [0.3, 0.4) is 0 Å². The highest BCUT2D eigenvalue weighted by molar-refractivity contribution is 5.81. The molecule has 2 rings (SSSR count). The molecule has 0 atom stereocenters. The first-order chi connectivity index (χ1) is 14.3. The number of hydrogen-bond donors (Lipinski definition) is 2. The fourth-order valence-electron chi connectivity index (χ4n) is 3.73. The number of H-pyrrole nitrogens is 1. The van der Waals surface area contributed by atoms with Gasteiger partial charge in [0.25, 0.3) is 0 Å². The summed E-state index contributed by atoms with van der Waals surface area (Å²) in [6.45, 7) is 0. The van der Waals surface area contributed by atoms with E-state index in [4.69, 9.17) is 5.73 Å². The fourth-order valence-corrected chi connectivity index (χ4v) is 3.73. The highest BCUT2D eigenvalue weighted by Gasteiger charge is 2.07. The van der Waals surface area contributed by atoms with Crippen molar-refractivity contribution in [3.05, 3.63) is 41.9 Å². The zero-order valence-corrected chi connectivity index (χ0v) is 17.9. The number of unbranched alkanes of at least 4 members (excludes halogenated alkanes) is 11. The summed E-state index contributed by atoms with van der Waals surface area (Å²) in [6.07, 6.45) is 23.2. The summed E-state index contributed by atoms with van der Waals surface area (Å²) in [5.41, 5.74) is 7.95. The second-order valence-electron chi connectivity index (χ2n) is 8.12. The quantitative estimate of drug-likeness (QED) is 0.329. The molecule has 3 N–H and O–H groups in total. The van der Waals surface area contributed by atoms with Crippen molar-refractivity contribution in [3.8, 4) is 0 Å². The van der Waals surface area contributed by atoms with Gasteiger partial charge in [-0.25, -0.2) is 0 Å². The average molecular weight is 399 g/mol. The zero-order chi connectivity index (χ0) is 20.6. The van der Waals surface area contributed by atoms with Crippen LogP contribution in [0.5, 0.6) is 0 Å². The van der Waals surface area contributed by atoms with E-state index in [0.29, 0.717) is 18.7 Å². The lowest BCUT2D eigenvalue weighted by Crippen LogP contribution is -2.03. The maximum absolute atomic E-state index is 11.9. The third kappa shape index (κ3) is 10.8. The molecular formula is C24H38N4O. The highest BCUT2D eigenvalue weighted by Crippen LogP contribution is 2.14. The van der Waals surface area contributed by atoms with E-state index < -0.39 is 0 Å². The molecule has 29 heavy (non-hydrogen) atoms. The maximum Gasteiger partial charge on any atom is 0.137 e. The number of nitrogens with one attached hydrogen (secondary N) is 1. The van der Waals surface area contributed by atoms with Crippen molar-refractivity contribution < 1.29 is 4.79 Å². The van der Waals surface area contributed by atoms with E-state index in [1.165, 1.54) is 76.2 Å². The van der Waals surface area contributed by atoms with E-state index in [0.717, 1.165) is 18.4 Å². The zero-order valence-electron chi connectivity index (χ0n) is 17.9. The normalized spacial score (nSPS) is 11.0. The SMILES string of the molecule is Nc1[nH]ncc1CC(=O)CCCCCCCCCCCCCCc1ccncc1. The molecule has 0 aromatic carbocycles. The Bertz CT molecular complexity index is 669. The molecule has 0 aliphatic heterocycles. The Morgan fingerprint density at radius 3 is 1.93 bits per heavy atom. The summed E-state index contributed by atoms with van der Waals surface area (Å²) < 4.78 is 0. The molecular weight excluding hydrogens is 360 g/mol.